The molecule has 2 aromatic carbocycles. The number of fused-ring (bicyclic) bond motifs is 3. The van der Waals surface area contributed by atoms with E-state index in [1.807, 2.05) is 36.4 Å². The van der Waals surface area contributed by atoms with Gasteiger partial charge in [-0.1, -0.05) is 48.5 Å². The number of nitrogens with one attached hydrogen (secondary N) is 1. The van der Waals surface area contributed by atoms with Gasteiger partial charge in [-0.05, 0) is 36.1 Å². The zero-order valence-electron chi connectivity index (χ0n) is 19.4. The third kappa shape index (κ3) is 4.00. The molecular weight excluding hydrogens is 436 g/mol. The second kappa shape index (κ2) is 8.66. The number of carbonyl (C=O) groups is 3. The fourth-order valence-corrected chi connectivity index (χ4v) is 4.04. The Labute approximate surface area is 196 Å². The normalized spacial score (nSPS) is 12.6. The molecule has 9 heteroatoms. The van der Waals surface area contributed by atoms with Gasteiger partial charge in [0.2, 0.25) is 0 Å². The van der Waals surface area contributed by atoms with Crippen molar-refractivity contribution in [2.75, 3.05) is 19.0 Å². The number of nitrogens with zero attached hydrogens (tertiary/aromatic N) is 3. The van der Waals surface area contributed by atoms with Crippen LogP contribution in [0.2, 0.25) is 0 Å². The topological polar surface area (TPSA) is 114 Å². The summed E-state index contributed by atoms with van der Waals surface area (Å²) >= 11 is 0. The molecule has 0 atom stereocenters. The Kier molecular flexibility index (Phi) is 5.87. The quantitative estimate of drug-likeness (QED) is 0.577. The Hall–Kier alpha value is -4.14. The molecule has 1 aliphatic carbocycles. The lowest BCUT2D eigenvalue weighted by Gasteiger charge is -2.31. The number of carboxylic acids is 1. The summed E-state index contributed by atoms with van der Waals surface area (Å²) in [6.45, 7) is 3.01. The Morgan fingerprint density at radius 1 is 1.09 bits per heavy atom. The summed E-state index contributed by atoms with van der Waals surface area (Å²) in [5.41, 5.74) is 3.19. The highest BCUT2D eigenvalue weighted by Gasteiger charge is 2.37. The number of carbonyl (C=O) groups excluding carboxylic acids is 2. The number of aromatic nitrogens is 2. The number of rotatable bonds is 6. The second-order valence-electron chi connectivity index (χ2n) is 8.72. The number of ether oxygens (including phenoxy) is 1. The van der Waals surface area contributed by atoms with Crippen LogP contribution in [-0.4, -0.2) is 57.0 Å². The Morgan fingerprint density at radius 2 is 1.65 bits per heavy atom. The van der Waals surface area contributed by atoms with Crippen LogP contribution in [0.15, 0.2) is 54.6 Å². The molecule has 0 saturated carbocycles. The Balaban J connectivity index is 1.44. The van der Waals surface area contributed by atoms with E-state index in [-0.39, 0.29) is 24.0 Å². The molecule has 0 spiro atoms. The summed E-state index contributed by atoms with van der Waals surface area (Å²) in [4.78, 5) is 37.9. The van der Waals surface area contributed by atoms with Crippen molar-refractivity contribution in [1.82, 2.24) is 14.7 Å². The van der Waals surface area contributed by atoms with Crippen LogP contribution in [0.5, 0.6) is 0 Å². The van der Waals surface area contributed by atoms with Crippen LogP contribution in [-0.2, 0) is 16.6 Å². The van der Waals surface area contributed by atoms with Crippen molar-refractivity contribution in [3.63, 3.8) is 0 Å². The number of anilines is 1. The third-order valence-electron chi connectivity index (χ3n) is 6.34. The summed E-state index contributed by atoms with van der Waals surface area (Å²) in [5.74, 6) is -1.62. The van der Waals surface area contributed by atoms with E-state index in [1.165, 1.54) is 38.7 Å². The molecule has 2 amide bonds. The van der Waals surface area contributed by atoms with Crippen LogP contribution in [0.3, 0.4) is 0 Å². The van der Waals surface area contributed by atoms with Crippen molar-refractivity contribution in [2.45, 2.75) is 25.3 Å². The SMILES string of the molecule is CN(C(=O)c1cc(NC(=O)OCC2c3ccccc3-c3ccccc32)nn1C)C(C)(C)C(=O)O. The fraction of sp³-hybridized carbons (Fsp3) is 0.280. The molecule has 2 N–H and O–H groups in total. The molecule has 0 bridgehead atoms. The predicted molar refractivity (Wildman–Crippen MR) is 126 cm³/mol. The lowest BCUT2D eigenvalue weighted by molar-refractivity contribution is -0.147. The second-order valence-corrected chi connectivity index (χ2v) is 8.72. The molecular formula is C25H26N4O5. The molecule has 34 heavy (non-hydrogen) atoms. The summed E-state index contributed by atoms with van der Waals surface area (Å²) < 4.78 is 6.80. The van der Waals surface area contributed by atoms with Gasteiger partial charge < -0.3 is 14.7 Å². The highest BCUT2D eigenvalue weighted by Crippen LogP contribution is 2.44. The minimum atomic E-state index is -1.41. The molecule has 176 valence electrons. The van der Waals surface area contributed by atoms with Gasteiger partial charge in [-0.25, -0.2) is 9.59 Å². The molecule has 0 aliphatic heterocycles. The molecule has 4 rings (SSSR count). The maximum Gasteiger partial charge on any atom is 0.412 e. The molecule has 1 aromatic heterocycles. The lowest BCUT2D eigenvalue weighted by Crippen LogP contribution is -2.51. The van der Waals surface area contributed by atoms with E-state index in [4.69, 9.17) is 4.74 Å². The lowest BCUT2D eigenvalue weighted by atomic mass is 9.98. The average Bonchev–Trinajstić information content (AvgIpc) is 3.33. The van der Waals surface area contributed by atoms with Crippen molar-refractivity contribution >= 4 is 23.8 Å². The van der Waals surface area contributed by atoms with Gasteiger partial charge >= 0.3 is 12.1 Å². The zero-order chi connectivity index (χ0) is 24.6. The maximum atomic E-state index is 12.8. The van der Waals surface area contributed by atoms with Gasteiger partial charge in [0.05, 0.1) is 0 Å². The molecule has 1 heterocycles. The highest BCUT2D eigenvalue weighted by atomic mass is 16.5. The van der Waals surface area contributed by atoms with Crippen molar-refractivity contribution in [2.24, 2.45) is 7.05 Å². The summed E-state index contributed by atoms with van der Waals surface area (Å²) in [5, 5.41) is 16.1. The Morgan fingerprint density at radius 3 is 2.21 bits per heavy atom. The first-order chi connectivity index (χ1) is 16.1. The standard InChI is InChI=1S/C25H26N4O5/c1-25(2,23(31)32)28(3)22(30)20-13-21(27-29(20)4)26-24(33)34-14-19-17-11-7-5-9-15(17)16-10-6-8-12-18(16)19/h5-13,19H,14H2,1-4H3,(H,31,32)(H,26,27,33). The fourth-order valence-electron chi connectivity index (χ4n) is 4.04. The summed E-state index contributed by atoms with van der Waals surface area (Å²) in [6.07, 6.45) is -0.696. The highest BCUT2D eigenvalue weighted by molar-refractivity contribution is 5.97. The minimum absolute atomic E-state index is 0.0779. The van der Waals surface area contributed by atoms with Crippen LogP contribution >= 0.6 is 0 Å². The van der Waals surface area contributed by atoms with E-state index >= 15 is 0 Å². The van der Waals surface area contributed by atoms with Gasteiger partial charge in [0, 0.05) is 26.1 Å². The minimum Gasteiger partial charge on any atom is -0.480 e. The van der Waals surface area contributed by atoms with Gasteiger partial charge in [0.25, 0.3) is 5.91 Å². The van der Waals surface area contributed by atoms with Crippen molar-refractivity contribution in [1.29, 1.82) is 0 Å². The van der Waals surface area contributed by atoms with Crippen molar-refractivity contribution < 1.29 is 24.2 Å². The summed E-state index contributed by atoms with van der Waals surface area (Å²) in [7, 11) is 2.94. The predicted octanol–water partition coefficient (Wildman–Crippen LogP) is 3.72. The van der Waals surface area contributed by atoms with E-state index in [0.29, 0.717) is 0 Å². The van der Waals surface area contributed by atoms with E-state index in [9.17, 15) is 19.5 Å². The van der Waals surface area contributed by atoms with Crippen LogP contribution < -0.4 is 5.32 Å². The van der Waals surface area contributed by atoms with E-state index in [2.05, 4.69) is 22.5 Å². The van der Waals surface area contributed by atoms with Gasteiger partial charge in [-0.15, -0.1) is 0 Å². The number of amides is 2. The number of hydrogen-bond donors (Lipinski definition) is 2. The molecule has 9 nitrogen and oxygen atoms in total. The zero-order valence-corrected chi connectivity index (χ0v) is 19.4. The number of carboxylic acid groups (broad SMARTS) is 1. The first kappa shape index (κ1) is 23.0. The monoisotopic (exact) mass is 462 g/mol. The number of aliphatic carboxylic acids is 1. The van der Waals surface area contributed by atoms with Crippen molar-refractivity contribution in [3.8, 4) is 11.1 Å². The number of hydrogen-bond acceptors (Lipinski definition) is 5. The van der Waals surface area contributed by atoms with E-state index in [0.717, 1.165) is 27.2 Å². The van der Waals surface area contributed by atoms with Crippen LogP contribution in [0.25, 0.3) is 11.1 Å². The smallest absolute Gasteiger partial charge is 0.412 e. The van der Waals surface area contributed by atoms with Crippen LogP contribution in [0, 0.1) is 0 Å². The first-order valence-electron chi connectivity index (χ1n) is 10.8. The van der Waals surface area contributed by atoms with Crippen molar-refractivity contribution in [3.05, 3.63) is 71.4 Å². The number of benzene rings is 2. The molecule has 1 aliphatic rings. The average molecular weight is 463 g/mol. The molecule has 0 radical (unpaired) electrons. The van der Waals surface area contributed by atoms with Gasteiger partial charge in [-0.2, -0.15) is 5.10 Å². The van der Waals surface area contributed by atoms with Crippen LogP contribution in [0.1, 0.15) is 41.4 Å². The number of aryl methyl sites for hydroxylation is 1. The van der Waals surface area contributed by atoms with Gasteiger partial charge in [0.1, 0.15) is 17.8 Å². The largest absolute Gasteiger partial charge is 0.480 e. The van der Waals surface area contributed by atoms with Gasteiger partial charge in [-0.3, -0.25) is 14.8 Å². The van der Waals surface area contributed by atoms with E-state index in [1.54, 1.807) is 0 Å². The summed E-state index contributed by atoms with van der Waals surface area (Å²) in [6, 6.07) is 17.5. The molecule has 0 saturated heterocycles. The molecule has 3 aromatic rings. The van der Waals surface area contributed by atoms with Crippen LogP contribution in [0.4, 0.5) is 10.6 Å². The Bertz CT molecular complexity index is 1230. The molecule has 0 unspecified atom stereocenters. The van der Waals surface area contributed by atoms with Gasteiger partial charge in [0.15, 0.2) is 5.82 Å². The maximum absolute atomic E-state index is 12.8. The molecule has 0 fully saturated rings. The van der Waals surface area contributed by atoms with E-state index < -0.39 is 23.5 Å². The number of likely N-dealkylation sites (N-methyl/N-ethyl adjacent to an activating group) is 1. The first-order valence-corrected chi connectivity index (χ1v) is 10.8. The third-order valence-corrected chi connectivity index (χ3v) is 6.34.